The zero-order valence-electron chi connectivity index (χ0n) is 27.5. The molecule has 2 heteroatoms. The molecule has 0 aliphatic rings. The van der Waals surface area contributed by atoms with Crippen LogP contribution in [-0.2, 0) is 0 Å². The van der Waals surface area contributed by atoms with E-state index in [9.17, 15) is 0 Å². The van der Waals surface area contributed by atoms with Gasteiger partial charge in [0.05, 0.1) is 11.2 Å². The second-order valence-corrected chi connectivity index (χ2v) is 12.6. The van der Waals surface area contributed by atoms with Gasteiger partial charge in [0.1, 0.15) is 0 Å². The van der Waals surface area contributed by atoms with E-state index in [1.54, 1.807) is 0 Å². The summed E-state index contributed by atoms with van der Waals surface area (Å²) in [6, 6.07) is 71.9. The highest BCUT2D eigenvalue weighted by molar-refractivity contribution is 6.03. The predicted octanol–water partition coefficient (Wildman–Crippen LogP) is 13.3. The van der Waals surface area contributed by atoms with Crippen LogP contribution in [0.25, 0.3) is 60.7 Å². The van der Waals surface area contributed by atoms with E-state index in [1.165, 1.54) is 55.1 Å². The van der Waals surface area contributed by atoms with Crippen LogP contribution in [0, 0.1) is 0 Å². The van der Waals surface area contributed by atoms with Gasteiger partial charge in [-0.05, 0) is 93.4 Å². The largest absolute Gasteiger partial charge is 0.317 e. The Morgan fingerprint density at radius 3 is 1.76 bits per heavy atom. The molecular weight excluding hydrogens is 605 g/mol. The molecule has 1 heterocycles. The third-order valence-corrected chi connectivity index (χ3v) is 9.64. The smallest absolute Gasteiger partial charge is 0.0540 e. The Labute approximate surface area is 292 Å². The third-order valence-electron chi connectivity index (χ3n) is 9.64. The fourth-order valence-electron chi connectivity index (χ4n) is 7.24. The second-order valence-electron chi connectivity index (χ2n) is 12.6. The molecule has 0 saturated heterocycles. The monoisotopic (exact) mass is 638 g/mol. The molecule has 50 heavy (non-hydrogen) atoms. The molecule has 9 aromatic rings. The number of aromatic nitrogens is 1. The van der Waals surface area contributed by atoms with Gasteiger partial charge in [0.15, 0.2) is 0 Å². The standard InChI is InChI=1S/C48H34N2/c1-4-14-35(15-5-1)36-26-28-40(29-27-36)50(48-25-12-19-37-18-10-11-22-42(37)48)41-30-31-44(46(34-41)38-16-6-2-7-17-38)43-23-13-24-47-45(43)32-33-49(47)39-20-8-3-9-21-39/h1-34H. The minimum atomic E-state index is 1.10. The van der Waals surface area contributed by atoms with Crippen molar-refractivity contribution in [2.24, 2.45) is 0 Å². The SMILES string of the molecule is c1ccc(-c2ccc(N(c3ccc(-c4cccc5c4ccn5-c4ccccc4)c(-c4ccccc4)c3)c3cccc4ccccc34)cc2)cc1. The number of benzene rings is 8. The Morgan fingerprint density at radius 1 is 0.360 bits per heavy atom. The fourth-order valence-corrected chi connectivity index (χ4v) is 7.24. The Hall–Kier alpha value is -6.64. The van der Waals surface area contributed by atoms with Crippen molar-refractivity contribution in [1.29, 1.82) is 0 Å². The lowest BCUT2D eigenvalue weighted by Crippen LogP contribution is -2.11. The molecule has 0 fully saturated rings. The first-order valence-corrected chi connectivity index (χ1v) is 17.1. The molecule has 1 aromatic heterocycles. The van der Waals surface area contributed by atoms with Crippen molar-refractivity contribution in [3.8, 4) is 39.1 Å². The van der Waals surface area contributed by atoms with Crippen LogP contribution in [-0.4, -0.2) is 4.57 Å². The highest BCUT2D eigenvalue weighted by Crippen LogP contribution is 2.44. The first-order chi connectivity index (χ1) is 24.8. The summed E-state index contributed by atoms with van der Waals surface area (Å²) in [5.74, 6) is 0. The van der Waals surface area contributed by atoms with Gasteiger partial charge in [-0.2, -0.15) is 0 Å². The highest BCUT2D eigenvalue weighted by atomic mass is 15.1. The van der Waals surface area contributed by atoms with Crippen molar-refractivity contribution in [3.05, 3.63) is 206 Å². The van der Waals surface area contributed by atoms with Crippen LogP contribution in [0.1, 0.15) is 0 Å². The Bertz CT molecular complexity index is 2560. The molecular formula is C48H34N2. The van der Waals surface area contributed by atoms with Crippen LogP contribution in [0.4, 0.5) is 17.1 Å². The lowest BCUT2D eigenvalue weighted by atomic mass is 9.92. The van der Waals surface area contributed by atoms with Crippen LogP contribution in [0.2, 0.25) is 0 Å². The summed E-state index contributed by atoms with van der Waals surface area (Å²) in [4.78, 5) is 2.40. The van der Waals surface area contributed by atoms with E-state index < -0.39 is 0 Å². The van der Waals surface area contributed by atoms with E-state index >= 15 is 0 Å². The fraction of sp³-hybridized carbons (Fsp3) is 0. The average Bonchev–Trinajstić information content (AvgIpc) is 3.64. The Morgan fingerprint density at radius 2 is 0.980 bits per heavy atom. The van der Waals surface area contributed by atoms with Gasteiger partial charge < -0.3 is 9.47 Å². The topological polar surface area (TPSA) is 8.17 Å². The number of hydrogen-bond acceptors (Lipinski definition) is 1. The van der Waals surface area contributed by atoms with Crippen molar-refractivity contribution in [2.75, 3.05) is 4.90 Å². The van der Waals surface area contributed by atoms with Gasteiger partial charge in [-0.25, -0.2) is 0 Å². The molecule has 8 aromatic carbocycles. The predicted molar refractivity (Wildman–Crippen MR) is 212 cm³/mol. The molecule has 0 N–H and O–H groups in total. The molecule has 236 valence electrons. The van der Waals surface area contributed by atoms with Gasteiger partial charge >= 0.3 is 0 Å². The van der Waals surface area contributed by atoms with E-state index in [0.29, 0.717) is 0 Å². The average molecular weight is 639 g/mol. The molecule has 0 unspecified atom stereocenters. The quantitative estimate of drug-likeness (QED) is 0.169. The molecule has 0 spiro atoms. The third kappa shape index (κ3) is 5.34. The number of nitrogens with zero attached hydrogens (tertiary/aromatic N) is 2. The second kappa shape index (κ2) is 12.8. The van der Waals surface area contributed by atoms with E-state index in [4.69, 9.17) is 0 Å². The van der Waals surface area contributed by atoms with Crippen LogP contribution in [0.5, 0.6) is 0 Å². The van der Waals surface area contributed by atoms with Crippen molar-refractivity contribution in [2.45, 2.75) is 0 Å². The van der Waals surface area contributed by atoms with Crippen LogP contribution >= 0.6 is 0 Å². The normalized spacial score (nSPS) is 11.2. The minimum absolute atomic E-state index is 1.10. The van der Waals surface area contributed by atoms with Crippen molar-refractivity contribution in [3.63, 3.8) is 0 Å². The number of rotatable bonds is 7. The highest BCUT2D eigenvalue weighted by Gasteiger charge is 2.19. The summed E-state index contributed by atoms with van der Waals surface area (Å²) in [6.07, 6.45) is 2.18. The minimum Gasteiger partial charge on any atom is -0.317 e. The van der Waals surface area contributed by atoms with Gasteiger partial charge in [0, 0.05) is 34.0 Å². The van der Waals surface area contributed by atoms with Crippen LogP contribution in [0.15, 0.2) is 206 Å². The van der Waals surface area contributed by atoms with Gasteiger partial charge in [-0.15, -0.1) is 0 Å². The van der Waals surface area contributed by atoms with Crippen molar-refractivity contribution < 1.29 is 0 Å². The van der Waals surface area contributed by atoms with E-state index in [-0.39, 0.29) is 0 Å². The molecule has 9 rings (SSSR count). The Balaban J connectivity index is 1.24. The van der Waals surface area contributed by atoms with Gasteiger partial charge in [-0.3, -0.25) is 0 Å². The van der Waals surface area contributed by atoms with Gasteiger partial charge in [-0.1, -0.05) is 146 Å². The number of para-hydroxylation sites is 1. The van der Waals surface area contributed by atoms with E-state index in [0.717, 1.165) is 22.7 Å². The zero-order chi connectivity index (χ0) is 33.3. The molecule has 0 radical (unpaired) electrons. The van der Waals surface area contributed by atoms with E-state index in [2.05, 4.69) is 216 Å². The maximum atomic E-state index is 2.40. The molecule has 0 amide bonds. The summed E-state index contributed by atoms with van der Waals surface area (Å²) in [5.41, 5.74) is 12.9. The number of fused-ring (bicyclic) bond motifs is 2. The van der Waals surface area contributed by atoms with Gasteiger partial charge in [0.25, 0.3) is 0 Å². The maximum Gasteiger partial charge on any atom is 0.0540 e. The van der Waals surface area contributed by atoms with E-state index in [1.807, 2.05) is 0 Å². The number of hydrogen-bond donors (Lipinski definition) is 0. The molecule has 0 bridgehead atoms. The summed E-state index contributed by atoms with van der Waals surface area (Å²) >= 11 is 0. The van der Waals surface area contributed by atoms with Crippen molar-refractivity contribution in [1.82, 2.24) is 4.57 Å². The first-order valence-electron chi connectivity index (χ1n) is 17.1. The maximum absolute atomic E-state index is 2.40. The number of anilines is 3. The summed E-state index contributed by atoms with van der Waals surface area (Å²) in [5, 5.41) is 3.65. The van der Waals surface area contributed by atoms with Crippen molar-refractivity contribution >= 4 is 38.7 Å². The molecule has 0 aliphatic carbocycles. The summed E-state index contributed by atoms with van der Waals surface area (Å²) < 4.78 is 2.27. The first kappa shape index (κ1) is 29.5. The van der Waals surface area contributed by atoms with Gasteiger partial charge in [0.2, 0.25) is 0 Å². The zero-order valence-corrected chi connectivity index (χ0v) is 27.5. The summed E-state index contributed by atoms with van der Waals surface area (Å²) in [7, 11) is 0. The molecule has 0 aliphatic heterocycles. The molecule has 0 atom stereocenters. The Kier molecular flexibility index (Phi) is 7.53. The van der Waals surface area contributed by atoms with Crippen LogP contribution < -0.4 is 4.90 Å². The molecule has 0 saturated carbocycles. The summed E-state index contributed by atoms with van der Waals surface area (Å²) in [6.45, 7) is 0. The molecule has 2 nitrogen and oxygen atoms in total. The van der Waals surface area contributed by atoms with Crippen LogP contribution in [0.3, 0.4) is 0 Å². The lowest BCUT2D eigenvalue weighted by Gasteiger charge is -2.28. The lowest BCUT2D eigenvalue weighted by molar-refractivity contribution is 1.13.